The number of carbonyl (C=O) groups is 1. The Balaban J connectivity index is 2.70. The molecule has 1 aliphatic heterocycles. The van der Waals surface area contributed by atoms with Crippen molar-refractivity contribution >= 4 is 6.09 Å². The van der Waals surface area contributed by atoms with Crippen molar-refractivity contribution in [1.82, 2.24) is 4.90 Å². The second kappa shape index (κ2) is 5.13. The maximum atomic E-state index is 14.5. The number of nitriles is 1. The standard InChI is InChI=1S/C13H21FN2O2/c1-10(8-15)13(14)6-5-7-16(9-13)11(17)18-12(2,3)4/h10H,5-7,9H2,1-4H3. The van der Waals surface area contributed by atoms with E-state index in [1.807, 2.05) is 6.07 Å². The van der Waals surface area contributed by atoms with Crippen LogP contribution in [-0.4, -0.2) is 35.4 Å². The fraction of sp³-hybridized carbons (Fsp3) is 0.846. The second-order valence-corrected chi connectivity index (χ2v) is 5.89. The monoisotopic (exact) mass is 256 g/mol. The number of ether oxygens (including phenoxy) is 1. The zero-order chi connectivity index (χ0) is 14.0. The van der Waals surface area contributed by atoms with Gasteiger partial charge in [-0.1, -0.05) is 0 Å². The summed E-state index contributed by atoms with van der Waals surface area (Å²) in [7, 11) is 0. The molecule has 1 rings (SSSR count). The number of amides is 1. The number of rotatable bonds is 1. The number of hydrogen-bond donors (Lipinski definition) is 0. The fourth-order valence-electron chi connectivity index (χ4n) is 1.99. The lowest BCUT2D eigenvalue weighted by Crippen LogP contribution is -2.51. The van der Waals surface area contributed by atoms with Crippen molar-refractivity contribution in [3.63, 3.8) is 0 Å². The molecular weight excluding hydrogens is 235 g/mol. The van der Waals surface area contributed by atoms with Crippen LogP contribution in [0.15, 0.2) is 0 Å². The normalized spacial score (nSPS) is 26.3. The van der Waals surface area contributed by atoms with E-state index in [0.29, 0.717) is 19.4 Å². The van der Waals surface area contributed by atoms with Gasteiger partial charge in [-0.05, 0) is 40.5 Å². The molecule has 0 aromatic carbocycles. The highest BCUT2D eigenvalue weighted by Crippen LogP contribution is 2.32. The number of alkyl halides is 1. The van der Waals surface area contributed by atoms with Crippen LogP contribution in [0.25, 0.3) is 0 Å². The van der Waals surface area contributed by atoms with Crippen molar-refractivity contribution in [3.05, 3.63) is 0 Å². The first-order valence-corrected chi connectivity index (χ1v) is 6.24. The third-order valence-corrected chi connectivity index (χ3v) is 3.10. The first-order valence-electron chi connectivity index (χ1n) is 6.24. The second-order valence-electron chi connectivity index (χ2n) is 5.89. The average molecular weight is 256 g/mol. The minimum Gasteiger partial charge on any atom is -0.444 e. The van der Waals surface area contributed by atoms with Crippen LogP contribution >= 0.6 is 0 Å². The fourth-order valence-corrected chi connectivity index (χ4v) is 1.99. The Kier molecular flexibility index (Phi) is 4.20. The average Bonchev–Trinajstić information content (AvgIpc) is 2.25. The lowest BCUT2D eigenvalue weighted by atomic mass is 9.84. The first-order chi connectivity index (χ1) is 8.18. The van der Waals surface area contributed by atoms with Crippen molar-refractivity contribution in [2.24, 2.45) is 5.92 Å². The predicted octanol–water partition coefficient (Wildman–Crippen LogP) is 2.89. The van der Waals surface area contributed by atoms with Crippen molar-refractivity contribution in [1.29, 1.82) is 5.26 Å². The van der Waals surface area contributed by atoms with Gasteiger partial charge in [0.1, 0.15) is 11.3 Å². The number of halogens is 1. The Morgan fingerprint density at radius 3 is 2.67 bits per heavy atom. The van der Waals surface area contributed by atoms with Crippen molar-refractivity contribution in [2.45, 2.75) is 51.8 Å². The molecular formula is C13H21FN2O2. The van der Waals surface area contributed by atoms with Gasteiger partial charge in [0.15, 0.2) is 0 Å². The molecule has 4 nitrogen and oxygen atoms in total. The van der Waals surface area contributed by atoms with Crippen LogP contribution in [0, 0.1) is 17.2 Å². The van der Waals surface area contributed by atoms with Crippen LogP contribution in [0.1, 0.15) is 40.5 Å². The highest BCUT2D eigenvalue weighted by molar-refractivity contribution is 5.68. The molecule has 0 aromatic heterocycles. The van der Waals surface area contributed by atoms with Crippen molar-refractivity contribution in [3.8, 4) is 6.07 Å². The summed E-state index contributed by atoms with van der Waals surface area (Å²) in [6, 6.07) is 1.93. The zero-order valence-corrected chi connectivity index (χ0v) is 11.5. The van der Waals surface area contributed by atoms with Crippen LogP contribution in [-0.2, 0) is 4.74 Å². The van der Waals surface area contributed by atoms with Gasteiger partial charge in [0.25, 0.3) is 0 Å². The molecule has 5 heteroatoms. The van der Waals surface area contributed by atoms with E-state index in [4.69, 9.17) is 10.00 Å². The Bertz CT molecular complexity index is 359. The molecule has 1 saturated heterocycles. The van der Waals surface area contributed by atoms with Crippen LogP contribution in [0.2, 0.25) is 0 Å². The molecule has 1 heterocycles. The lowest BCUT2D eigenvalue weighted by molar-refractivity contribution is -0.0148. The largest absolute Gasteiger partial charge is 0.444 e. The van der Waals surface area contributed by atoms with Gasteiger partial charge in [-0.2, -0.15) is 5.26 Å². The van der Waals surface area contributed by atoms with Crippen LogP contribution in [0.5, 0.6) is 0 Å². The third kappa shape index (κ3) is 3.59. The third-order valence-electron chi connectivity index (χ3n) is 3.10. The molecule has 2 unspecified atom stereocenters. The Hall–Kier alpha value is -1.31. The molecule has 0 N–H and O–H groups in total. The van der Waals surface area contributed by atoms with E-state index < -0.39 is 23.3 Å². The maximum absolute atomic E-state index is 14.5. The molecule has 1 fully saturated rings. The number of piperidine rings is 1. The van der Waals surface area contributed by atoms with Gasteiger partial charge in [0.05, 0.1) is 18.5 Å². The number of hydrogen-bond acceptors (Lipinski definition) is 3. The quantitative estimate of drug-likeness (QED) is 0.725. The molecule has 0 bridgehead atoms. The zero-order valence-electron chi connectivity index (χ0n) is 11.5. The minimum absolute atomic E-state index is 0.0589. The smallest absolute Gasteiger partial charge is 0.410 e. The molecule has 102 valence electrons. The van der Waals surface area contributed by atoms with Crippen molar-refractivity contribution in [2.75, 3.05) is 13.1 Å². The van der Waals surface area contributed by atoms with Gasteiger partial charge >= 0.3 is 6.09 Å². The minimum atomic E-state index is -1.62. The van der Waals surface area contributed by atoms with Crippen molar-refractivity contribution < 1.29 is 13.9 Å². The van der Waals surface area contributed by atoms with E-state index in [0.717, 1.165) is 0 Å². The van der Waals surface area contributed by atoms with E-state index in [1.165, 1.54) is 4.90 Å². The number of likely N-dealkylation sites (tertiary alicyclic amines) is 1. The molecule has 0 aliphatic carbocycles. The summed E-state index contributed by atoms with van der Waals surface area (Å²) in [6.07, 6.45) is 0.373. The summed E-state index contributed by atoms with van der Waals surface area (Å²) in [5.74, 6) is -0.720. The van der Waals surface area contributed by atoms with Gasteiger partial charge in [-0.25, -0.2) is 9.18 Å². The van der Waals surface area contributed by atoms with Gasteiger partial charge in [0, 0.05) is 6.54 Å². The van der Waals surface area contributed by atoms with Crippen LogP contribution in [0.4, 0.5) is 9.18 Å². The Morgan fingerprint density at radius 2 is 2.17 bits per heavy atom. The molecule has 0 saturated carbocycles. The summed E-state index contributed by atoms with van der Waals surface area (Å²) in [5.41, 5.74) is -2.21. The lowest BCUT2D eigenvalue weighted by Gasteiger charge is -2.39. The van der Waals surface area contributed by atoms with Gasteiger partial charge in [0.2, 0.25) is 0 Å². The molecule has 1 amide bonds. The van der Waals surface area contributed by atoms with E-state index in [-0.39, 0.29) is 6.54 Å². The summed E-state index contributed by atoms with van der Waals surface area (Å²) < 4.78 is 19.8. The Morgan fingerprint density at radius 1 is 1.56 bits per heavy atom. The van der Waals surface area contributed by atoms with Crippen LogP contribution in [0.3, 0.4) is 0 Å². The van der Waals surface area contributed by atoms with Crippen LogP contribution < -0.4 is 0 Å². The maximum Gasteiger partial charge on any atom is 0.410 e. The summed E-state index contributed by atoms with van der Waals surface area (Å²) >= 11 is 0. The van der Waals surface area contributed by atoms with E-state index >= 15 is 0 Å². The predicted molar refractivity (Wildman–Crippen MR) is 65.7 cm³/mol. The topological polar surface area (TPSA) is 53.3 Å². The molecule has 1 aliphatic rings. The molecule has 2 atom stereocenters. The molecule has 0 radical (unpaired) electrons. The number of nitrogens with zero attached hydrogens (tertiary/aromatic N) is 2. The summed E-state index contributed by atoms with van der Waals surface area (Å²) in [6.45, 7) is 7.30. The van der Waals surface area contributed by atoms with E-state index in [1.54, 1.807) is 27.7 Å². The summed E-state index contributed by atoms with van der Waals surface area (Å²) in [4.78, 5) is 13.2. The molecule has 0 spiro atoms. The molecule has 18 heavy (non-hydrogen) atoms. The highest BCUT2D eigenvalue weighted by Gasteiger charge is 2.43. The number of carbonyl (C=O) groups excluding carboxylic acids is 1. The van der Waals surface area contributed by atoms with Gasteiger partial charge in [-0.3, -0.25) is 0 Å². The van der Waals surface area contributed by atoms with Gasteiger partial charge in [-0.15, -0.1) is 0 Å². The first kappa shape index (κ1) is 14.7. The van der Waals surface area contributed by atoms with Gasteiger partial charge < -0.3 is 9.64 Å². The SMILES string of the molecule is CC(C#N)C1(F)CCCN(C(=O)OC(C)(C)C)C1. The van der Waals surface area contributed by atoms with E-state index in [9.17, 15) is 9.18 Å². The summed E-state index contributed by atoms with van der Waals surface area (Å²) in [5, 5.41) is 8.84. The Labute approximate surface area is 108 Å². The highest BCUT2D eigenvalue weighted by atomic mass is 19.1. The molecule has 0 aromatic rings. The van der Waals surface area contributed by atoms with E-state index in [2.05, 4.69) is 0 Å².